The molecule has 32 heavy (non-hydrogen) atoms. The van der Waals surface area contributed by atoms with Gasteiger partial charge in [-0.25, -0.2) is 13.7 Å². The van der Waals surface area contributed by atoms with Gasteiger partial charge in [-0.2, -0.15) is 8.62 Å². The summed E-state index contributed by atoms with van der Waals surface area (Å²) >= 11 is 5.41. The Bertz CT molecular complexity index is 1200. The Balaban J connectivity index is 1.71. The Hall–Kier alpha value is -0.860. The minimum atomic E-state index is -5.69. The molecule has 6 atom stereocenters. The highest BCUT2D eigenvalue weighted by Gasteiger charge is 2.46. The molecule has 2 unspecified atom stereocenters. The van der Waals surface area contributed by atoms with E-state index in [-0.39, 0.29) is 4.64 Å². The predicted octanol–water partition coefficient (Wildman–Crippen LogP) is 1.33. The number of fused-ring (bicyclic) bond motifs is 1. The second kappa shape index (κ2) is 9.41. The van der Waals surface area contributed by atoms with Crippen LogP contribution in [0.1, 0.15) is 6.23 Å². The van der Waals surface area contributed by atoms with Gasteiger partial charge in [0.25, 0.3) is 0 Å². The van der Waals surface area contributed by atoms with Crippen molar-refractivity contribution in [1.82, 2.24) is 4.57 Å². The molecule has 1 aromatic carbocycles. The Morgan fingerprint density at radius 1 is 0.969 bits per heavy atom. The lowest BCUT2D eigenvalue weighted by atomic mass is 10.1. The summed E-state index contributed by atoms with van der Waals surface area (Å²) < 4.78 is 52.7. The number of phosphoric ester groups is 1. The van der Waals surface area contributed by atoms with Crippen molar-refractivity contribution >= 4 is 46.5 Å². The van der Waals surface area contributed by atoms with Crippen LogP contribution in [-0.2, 0) is 31.6 Å². The normalized spacial score (nSPS) is 27.8. The standard InChI is InChI=1S/C14H18NO13P3S/c16-11-10(7-25-30(21,22)28-31(23,24)27-29(18,19)20)26-13(12(11)17)15-6-5-8-3-1-2-4-9(8)14(15)32/h1-6,10-13,16-17H,7H2,(H,21,22)(H,23,24)(H2,18,19,20)/t10-,11+,12+,13-/m0/s1. The number of aliphatic hydroxyl groups excluding tert-OH is 2. The first kappa shape index (κ1) is 25.8. The first-order valence-corrected chi connectivity index (χ1v) is 13.5. The third-order valence-corrected chi connectivity index (χ3v) is 8.50. The van der Waals surface area contributed by atoms with Crippen molar-refractivity contribution < 1.29 is 61.4 Å². The number of aliphatic hydroxyl groups is 2. The summed E-state index contributed by atoms with van der Waals surface area (Å²) in [6.45, 7) is -0.917. The number of benzene rings is 1. The molecule has 0 saturated carbocycles. The summed E-state index contributed by atoms with van der Waals surface area (Å²) in [5.74, 6) is 0. The molecule has 1 aromatic heterocycles. The molecule has 0 radical (unpaired) electrons. The lowest BCUT2D eigenvalue weighted by Crippen LogP contribution is -2.33. The lowest BCUT2D eigenvalue weighted by molar-refractivity contribution is -0.0525. The Labute approximate surface area is 185 Å². The van der Waals surface area contributed by atoms with Crippen molar-refractivity contribution in [3.05, 3.63) is 41.2 Å². The smallest absolute Gasteiger partial charge is 0.387 e. The van der Waals surface area contributed by atoms with Crippen LogP contribution in [0.2, 0.25) is 0 Å². The van der Waals surface area contributed by atoms with Crippen molar-refractivity contribution in [2.75, 3.05) is 6.61 Å². The summed E-state index contributed by atoms with van der Waals surface area (Å²) in [6.07, 6.45) is -4.24. The number of rotatable bonds is 8. The van der Waals surface area contributed by atoms with Gasteiger partial charge in [-0.15, -0.1) is 0 Å². The van der Waals surface area contributed by atoms with E-state index < -0.39 is 54.6 Å². The number of ether oxygens (including phenoxy) is 1. The Morgan fingerprint density at radius 3 is 2.28 bits per heavy atom. The van der Waals surface area contributed by atoms with E-state index in [2.05, 4.69) is 13.1 Å². The highest BCUT2D eigenvalue weighted by molar-refractivity contribution is 7.71. The van der Waals surface area contributed by atoms with Crippen LogP contribution in [0.3, 0.4) is 0 Å². The van der Waals surface area contributed by atoms with E-state index in [1.165, 1.54) is 10.8 Å². The molecule has 1 aliphatic heterocycles. The number of aromatic nitrogens is 1. The molecule has 3 rings (SSSR count). The van der Waals surface area contributed by atoms with Gasteiger partial charge in [0, 0.05) is 11.6 Å². The molecule has 0 amide bonds. The van der Waals surface area contributed by atoms with E-state index >= 15 is 0 Å². The van der Waals surface area contributed by atoms with Gasteiger partial charge in [-0.05, 0) is 11.5 Å². The third kappa shape index (κ3) is 6.17. The molecule has 178 valence electrons. The van der Waals surface area contributed by atoms with E-state index in [4.69, 9.17) is 31.6 Å². The number of nitrogens with zero attached hydrogens (tertiary/aromatic N) is 1. The van der Waals surface area contributed by atoms with E-state index in [0.29, 0.717) is 5.39 Å². The van der Waals surface area contributed by atoms with Crippen molar-refractivity contribution in [1.29, 1.82) is 0 Å². The Kier molecular flexibility index (Phi) is 7.58. The molecular formula is C14H18NO13P3S. The number of hydrogen-bond donors (Lipinski definition) is 6. The van der Waals surface area contributed by atoms with Gasteiger partial charge < -0.3 is 39.1 Å². The average molecular weight is 533 g/mol. The third-order valence-electron chi connectivity index (χ3n) is 4.27. The van der Waals surface area contributed by atoms with Crippen LogP contribution in [0.25, 0.3) is 10.8 Å². The zero-order valence-corrected chi connectivity index (χ0v) is 19.2. The zero-order valence-electron chi connectivity index (χ0n) is 15.7. The van der Waals surface area contributed by atoms with Gasteiger partial charge in [0.15, 0.2) is 6.23 Å². The molecule has 14 nitrogen and oxygen atoms in total. The molecule has 0 bridgehead atoms. The minimum absolute atomic E-state index is 0.285. The fraction of sp³-hybridized carbons (Fsp3) is 0.357. The average Bonchev–Trinajstić information content (AvgIpc) is 2.92. The van der Waals surface area contributed by atoms with E-state index in [0.717, 1.165) is 5.39 Å². The largest absolute Gasteiger partial charge is 0.490 e. The zero-order chi connectivity index (χ0) is 23.9. The summed E-state index contributed by atoms with van der Waals surface area (Å²) in [5.41, 5.74) is 0. The number of hydrogen-bond acceptors (Lipinski definition) is 10. The molecule has 0 spiro atoms. The monoisotopic (exact) mass is 533 g/mol. The molecule has 6 N–H and O–H groups in total. The molecule has 2 heterocycles. The van der Waals surface area contributed by atoms with Crippen LogP contribution < -0.4 is 0 Å². The van der Waals surface area contributed by atoms with Crippen molar-refractivity contribution in [2.24, 2.45) is 0 Å². The predicted molar refractivity (Wildman–Crippen MR) is 109 cm³/mol. The maximum atomic E-state index is 11.8. The van der Waals surface area contributed by atoms with Gasteiger partial charge in [0.05, 0.1) is 6.61 Å². The topological polar surface area (TPSA) is 214 Å². The van der Waals surface area contributed by atoms with E-state index in [9.17, 15) is 28.8 Å². The summed E-state index contributed by atoms with van der Waals surface area (Å²) in [7, 11) is -16.6. The first-order valence-electron chi connectivity index (χ1n) is 8.59. The first-order chi connectivity index (χ1) is 14.7. The van der Waals surface area contributed by atoms with Gasteiger partial charge in [-0.3, -0.25) is 4.52 Å². The summed E-state index contributed by atoms with van der Waals surface area (Å²) in [6, 6.07) is 8.84. The van der Waals surface area contributed by atoms with Gasteiger partial charge in [-0.1, -0.05) is 36.5 Å². The summed E-state index contributed by atoms with van der Waals surface area (Å²) in [5, 5.41) is 22.1. The lowest BCUT2D eigenvalue weighted by Gasteiger charge is -2.20. The summed E-state index contributed by atoms with van der Waals surface area (Å²) in [4.78, 5) is 35.7. The van der Waals surface area contributed by atoms with Crippen LogP contribution >= 0.6 is 35.7 Å². The highest BCUT2D eigenvalue weighted by Crippen LogP contribution is 2.66. The van der Waals surface area contributed by atoms with Crippen molar-refractivity contribution in [3.63, 3.8) is 0 Å². The quantitative estimate of drug-likeness (QED) is 0.209. The van der Waals surface area contributed by atoms with E-state index in [1.54, 1.807) is 18.2 Å². The van der Waals surface area contributed by atoms with Crippen LogP contribution in [0.4, 0.5) is 0 Å². The van der Waals surface area contributed by atoms with Crippen molar-refractivity contribution in [3.8, 4) is 0 Å². The van der Waals surface area contributed by atoms with Crippen LogP contribution in [-0.4, -0.2) is 59.3 Å². The maximum Gasteiger partial charge on any atom is 0.490 e. The molecule has 1 aliphatic rings. The molecule has 0 aliphatic carbocycles. The van der Waals surface area contributed by atoms with Gasteiger partial charge in [0.1, 0.15) is 23.0 Å². The van der Waals surface area contributed by atoms with Crippen molar-refractivity contribution in [2.45, 2.75) is 24.5 Å². The van der Waals surface area contributed by atoms with Crippen LogP contribution in [0, 0.1) is 4.64 Å². The van der Waals surface area contributed by atoms with Gasteiger partial charge >= 0.3 is 23.5 Å². The molecule has 1 saturated heterocycles. The second-order valence-electron chi connectivity index (χ2n) is 6.55. The molecule has 18 heteroatoms. The van der Waals surface area contributed by atoms with E-state index in [1.807, 2.05) is 12.1 Å². The second-order valence-corrected chi connectivity index (χ2v) is 11.4. The van der Waals surface area contributed by atoms with Gasteiger partial charge in [0.2, 0.25) is 0 Å². The number of pyridine rings is 1. The molecule has 1 fully saturated rings. The molecular weight excluding hydrogens is 515 g/mol. The van der Waals surface area contributed by atoms with Crippen LogP contribution in [0.5, 0.6) is 0 Å². The minimum Gasteiger partial charge on any atom is -0.387 e. The highest BCUT2D eigenvalue weighted by atomic mass is 32.1. The SMILES string of the molecule is O=P(O)(O)OP(=O)(O)OP(=O)(O)OC[C@@H]1O[C@H](n2ccc3ccccc3c2=S)[C@H](O)[C@@H]1O. The fourth-order valence-corrected chi connectivity index (χ4v) is 6.35. The molecule has 2 aromatic rings. The number of phosphoric acid groups is 3. The van der Waals surface area contributed by atoms with Crippen LogP contribution in [0.15, 0.2) is 36.5 Å². The fourth-order valence-electron chi connectivity index (χ4n) is 2.97. The Morgan fingerprint density at radius 2 is 1.62 bits per heavy atom. The maximum absolute atomic E-state index is 11.8.